The van der Waals surface area contributed by atoms with Crippen molar-refractivity contribution in [2.75, 3.05) is 10.6 Å². The molecule has 0 aromatic heterocycles. The second kappa shape index (κ2) is 5.45. The molecule has 0 aliphatic carbocycles. The number of rotatable bonds is 4. The second-order valence-corrected chi connectivity index (χ2v) is 4.68. The molecule has 0 fully saturated rings. The first kappa shape index (κ1) is 14.6. The van der Waals surface area contributed by atoms with Gasteiger partial charge in [-0.2, -0.15) is 0 Å². The molecule has 0 bridgehead atoms. The van der Waals surface area contributed by atoms with Crippen molar-refractivity contribution in [3.63, 3.8) is 0 Å². The zero-order valence-electron chi connectivity index (χ0n) is 9.94. The Morgan fingerprint density at radius 3 is 2.67 bits per heavy atom. The number of halogens is 1. The van der Waals surface area contributed by atoms with Crippen molar-refractivity contribution < 1.29 is 14.8 Å². The van der Waals surface area contributed by atoms with Gasteiger partial charge in [0.2, 0.25) is 0 Å². The van der Waals surface area contributed by atoms with Crippen LogP contribution in [0.4, 0.5) is 11.4 Å². The highest BCUT2D eigenvalue weighted by atomic mass is 79.9. The van der Waals surface area contributed by atoms with Gasteiger partial charge < -0.3 is 10.4 Å². The number of anilines is 1. The molecule has 18 heavy (non-hydrogen) atoms. The molecular weight excluding hydrogens is 304 g/mol. The number of alkyl halides is 1. The maximum absolute atomic E-state index is 11.7. The largest absolute Gasteiger partial charge is 0.379 e. The molecule has 1 atom stereocenters. The van der Waals surface area contributed by atoms with Crippen molar-refractivity contribution in [2.24, 2.45) is 0 Å². The van der Waals surface area contributed by atoms with Crippen LogP contribution in [0.1, 0.15) is 12.5 Å². The molecule has 0 saturated carbocycles. The molecule has 7 heteroatoms. The predicted molar refractivity (Wildman–Crippen MR) is 70.9 cm³/mol. The number of aryl methyl sites for hydroxylation is 1. The summed E-state index contributed by atoms with van der Waals surface area (Å²) in [5.74, 6) is -0.576. The molecule has 0 radical (unpaired) electrons. The minimum Gasteiger partial charge on any atom is -0.379 e. The zero-order chi connectivity index (χ0) is 13.9. The monoisotopic (exact) mass is 316 g/mol. The third-order valence-electron chi connectivity index (χ3n) is 2.40. The van der Waals surface area contributed by atoms with Crippen molar-refractivity contribution in [1.29, 1.82) is 0 Å². The molecule has 0 spiro atoms. The van der Waals surface area contributed by atoms with Crippen LogP contribution in [0.25, 0.3) is 0 Å². The number of amides is 1. The third-order valence-corrected chi connectivity index (χ3v) is 3.49. The lowest BCUT2D eigenvalue weighted by Gasteiger charge is -2.19. The number of nitro benzene ring substituents is 1. The van der Waals surface area contributed by atoms with Crippen LogP contribution in [0, 0.1) is 17.0 Å². The van der Waals surface area contributed by atoms with Gasteiger partial charge in [-0.3, -0.25) is 14.9 Å². The molecule has 98 valence electrons. The van der Waals surface area contributed by atoms with Gasteiger partial charge in [-0.25, -0.2) is 0 Å². The topological polar surface area (TPSA) is 92.5 Å². The van der Waals surface area contributed by atoms with Gasteiger partial charge >= 0.3 is 0 Å². The highest BCUT2D eigenvalue weighted by Crippen LogP contribution is 2.22. The van der Waals surface area contributed by atoms with E-state index in [1.807, 2.05) is 0 Å². The lowest BCUT2D eigenvalue weighted by Crippen LogP contribution is -2.41. The maximum atomic E-state index is 11.7. The Balaban J connectivity index is 2.91. The summed E-state index contributed by atoms with van der Waals surface area (Å²) >= 11 is 3.03. The Hall–Kier alpha value is -1.47. The molecule has 0 aliphatic heterocycles. The summed E-state index contributed by atoms with van der Waals surface area (Å²) < 4.78 is 0. The van der Waals surface area contributed by atoms with Gasteiger partial charge in [0, 0.05) is 22.6 Å². The van der Waals surface area contributed by atoms with Crippen LogP contribution in [0.5, 0.6) is 0 Å². The van der Waals surface area contributed by atoms with E-state index in [4.69, 9.17) is 0 Å². The third kappa shape index (κ3) is 3.27. The summed E-state index contributed by atoms with van der Waals surface area (Å²) in [7, 11) is 0. The van der Waals surface area contributed by atoms with Gasteiger partial charge in [0.05, 0.1) is 4.92 Å². The van der Waals surface area contributed by atoms with Crippen LogP contribution in [-0.2, 0) is 4.79 Å². The van der Waals surface area contributed by atoms with Crippen molar-refractivity contribution in [2.45, 2.75) is 19.4 Å². The number of aliphatic hydroxyl groups is 1. The molecule has 1 amide bonds. The number of hydrogen-bond acceptors (Lipinski definition) is 4. The Morgan fingerprint density at radius 1 is 1.61 bits per heavy atom. The van der Waals surface area contributed by atoms with Crippen LogP contribution in [0.15, 0.2) is 18.2 Å². The Morgan fingerprint density at radius 2 is 2.22 bits per heavy atom. The smallest absolute Gasteiger partial charge is 0.272 e. The molecule has 6 nitrogen and oxygen atoms in total. The van der Waals surface area contributed by atoms with Gasteiger partial charge in [-0.15, -0.1) is 0 Å². The van der Waals surface area contributed by atoms with Crippen LogP contribution < -0.4 is 5.32 Å². The first-order valence-electron chi connectivity index (χ1n) is 5.13. The number of nitrogens with one attached hydrogen (secondary N) is 1. The van der Waals surface area contributed by atoms with E-state index >= 15 is 0 Å². The minimum absolute atomic E-state index is 0.0137. The van der Waals surface area contributed by atoms with Crippen LogP contribution in [-0.4, -0.2) is 26.9 Å². The fraction of sp³-hybridized carbons (Fsp3) is 0.364. The van der Waals surface area contributed by atoms with Crippen molar-refractivity contribution >= 4 is 33.2 Å². The highest BCUT2D eigenvalue weighted by Gasteiger charge is 2.29. The van der Waals surface area contributed by atoms with Crippen LogP contribution >= 0.6 is 15.9 Å². The first-order chi connectivity index (χ1) is 8.27. The number of carbonyl (C=O) groups excluding carboxylic acids is 1. The first-order valence-corrected chi connectivity index (χ1v) is 6.25. The van der Waals surface area contributed by atoms with Gasteiger partial charge in [0.25, 0.3) is 11.6 Å². The van der Waals surface area contributed by atoms with Gasteiger partial charge in [0.1, 0.15) is 5.60 Å². The van der Waals surface area contributed by atoms with E-state index in [0.717, 1.165) is 0 Å². The molecule has 1 aromatic rings. The van der Waals surface area contributed by atoms with E-state index in [-0.39, 0.29) is 11.0 Å². The fourth-order valence-corrected chi connectivity index (χ4v) is 1.52. The number of nitro groups is 1. The lowest BCUT2D eigenvalue weighted by atomic mass is 10.1. The molecule has 0 aliphatic rings. The van der Waals surface area contributed by atoms with Crippen LogP contribution in [0.2, 0.25) is 0 Å². The van der Waals surface area contributed by atoms with E-state index < -0.39 is 16.4 Å². The maximum Gasteiger partial charge on any atom is 0.272 e. The van der Waals surface area contributed by atoms with Crippen molar-refractivity contribution in [3.05, 3.63) is 33.9 Å². The number of hydrogen-bond donors (Lipinski definition) is 2. The summed E-state index contributed by atoms with van der Waals surface area (Å²) in [6.45, 7) is 2.95. The molecular formula is C11H13BrN2O4. The highest BCUT2D eigenvalue weighted by molar-refractivity contribution is 9.09. The molecule has 1 aromatic carbocycles. The standard InChI is InChI=1S/C11H13BrN2O4/c1-7-5-8(3-4-9(7)14(17)18)13-10(15)11(2,16)6-12/h3-5,16H,6H2,1-2H3,(H,13,15). The summed E-state index contributed by atoms with van der Waals surface area (Å²) in [4.78, 5) is 21.8. The number of carbonyl (C=O) groups is 1. The van der Waals surface area contributed by atoms with E-state index in [0.29, 0.717) is 11.3 Å². The summed E-state index contributed by atoms with van der Waals surface area (Å²) in [5, 5.41) is 22.9. The second-order valence-electron chi connectivity index (χ2n) is 4.12. The molecule has 2 N–H and O–H groups in total. The lowest BCUT2D eigenvalue weighted by molar-refractivity contribution is -0.385. The van der Waals surface area contributed by atoms with Crippen molar-refractivity contribution in [3.8, 4) is 0 Å². The van der Waals surface area contributed by atoms with Gasteiger partial charge in [0.15, 0.2) is 0 Å². The fourth-order valence-electron chi connectivity index (χ4n) is 1.26. The molecule has 0 saturated heterocycles. The van der Waals surface area contributed by atoms with Crippen molar-refractivity contribution in [1.82, 2.24) is 0 Å². The van der Waals surface area contributed by atoms with E-state index in [2.05, 4.69) is 21.2 Å². The van der Waals surface area contributed by atoms with E-state index in [1.54, 1.807) is 6.92 Å². The Kier molecular flexibility index (Phi) is 4.42. The van der Waals surface area contributed by atoms with E-state index in [9.17, 15) is 20.0 Å². The van der Waals surface area contributed by atoms with Crippen LogP contribution in [0.3, 0.4) is 0 Å². The average molecular weight is 317 g/mol. The van der Waals surface area contributed by atoms with E-state index in [1.165, 1.54) is 25.1 Å². The molecule has 1 unspecified atom stereocenters. The summed E-state index contributed by atoms with van der Waals surface area (Å²) in [5.41, 5.74) is -0.698. The summed E-state index contributed by atoms with van der Waals surface area (Å²) in [6, 6.07) is 4.22. The predicted octanol–water partition coefficient (Wildman–Crippen LogP) is 1.99. The quantitative estimate of drug-likeness (QED) is 0.504. The Bertz CT molecular complexity index is 488. The summed E-state index contributed by atoms with van der Waals surface area (Å²) in [6.07, 6.45) is 0. The SMILES string of the molecule is Cc1cc(NC(=O)C(C)(O)CBr)ccc1[N+](=O)[O-]. The number of benzene rings is 1. The normalized spacial score (nSPS) is 13.8. The average Bonchev–Trinajstić information content (AvgIpc) is 2.28. The number of nitrogens with zero attached hydrogens (tertiary/aromatic N) is 1. The minimum atomic E-state index is -1.53. The van der Waals surface area contributed by atoms with Gasteiger partial charge in [-0.1, -0.05) is 15.9 Å². The zero-order valence-corrected chi connectivity index (χ0v) is 11.5. The Labute approximate surface area is 112 Å². The van der Waals surface area contributed by atoms with Gasteiger partial charge in [-0.05, 0) is 26.0 Å². The molecule has 1 rings (SSSR count). The molecule has 0 heterocycles.